The number of carbonyl (C=O) groups is 1. The molecule has 1 amide bonds. The molecule has 2 fully saturated rings. The van der Waals surface area contributed by atoms with E-state index < -0.39 is 5.60 Å². The summed E-state index contributed by atoms with van der Waals surface area (Å²) < 4.78 is 5.11. The minimum absolute atomic E-state index is 0.0309. The Morgan fingerprint density at radius 1 is 1.56 bits per heavy atom. The Hall–Kier alpha value is -1.29. The summed E-state index contributed by atoms with van der Waals surface area (Å²) in [5.41, 5.74) is 0.00525. The number of rotatable bonds is 2. The zero-order chi connectivity index (χ0) is 11.3. The lowest BCUT2D eigenvalue weighted by Gasteiger charge is -2.46. The van der Waals surface area contributed by atoms with Crippen LogP contribution in [0.25, 0.3) is 0 Å². The molecule has 86 valence electrons. The Balaban J connectivity index is 1.68. The van der Waals surface area contributed by atoms with E-state index in [2.05, 4.69) is 0 Å². The van der Waals surface area contributed by atoms with Crippen LogP contribution in [0, 0.1) is 12.8 Å². The first kappa shape index (κ1) is 9.90. The van der Waals surface area contributed by atoms with E-state index in [0.29, 0.717) is 30.3 Å². The molecule has 0 spiro atoms. The van der Waals surface area contributed by atoms with Crippen molar-refractivity contribution < 1.29 is 14.3 Å². The summed E-state index contributed by atoms with van der Waals surface area (Å²) in [6.07, 6.45) is 3.72. The van der Waals surface area contributed by atoms with Crippen molar-refractivity contribution in [2.24, 2.45) is 5.92 Å². The first-order valence-electron chi connectivity index (χ1n) is 5.66. The molecule has 1 saturated carbocycles. The summed E-state index contributed by atoms with van der Waals surface area (Å²) in [6, 6.07) is 1.69. The van der Waals surface area contributed by atoms with Gasteiger partial charge in [0.15, 0.2) is 0 Å². The topological polar surface area (TPSA) is 53.7 Å². The van der Waals surface area contributed by atoms with Crippen LogP contribution in [0.4, 0.5) is 0 Å². The number of aliphatic hydroxyl groups is 1. The maximum Gasteiger partial charge on any atom is 0.257 e. The molecule has 0 radical (unpaired) electrons. The molecule has 1 aliphatic carbocycles. The summed E-state index contributed by atoms with van der Waals surface area (Å²) in [7, 11) is 0. The molecule has 0 bridgehead atoms. The van der Waals surface area contributed by atoms with Crippen LogP contribution >= 0.6 is 0 Å². The molecule has 1 N–H and O–H groups in total. The zero-order valence-corrected chi connectivity index (χ0v) is 9.27. The van der Waals surface area contributed by atoms with Gasteiger partial charge in [0.05, 0.1) is 24.9 Å². The minimum atomic E-state index is -0.604. The van der Waals surface area contributed by atoms with E-state index >= 15 is 0 Å². The van der Waals surface area contributed by atoms with Gasteiger partial charge in [-0.05, 0) is 31.7 Å². The predicted octanol–water partition coefficient (Wildman–Crippen LogP) is 1.18. The lowest BCUT2D eigenvalue weighted by atomic mass is 9.88. The Bertz CT molecular complexity index is 427. The Morgan fingerprint density at radius 2 is 2.25 bits per heavy atom. The van der Waals surface area contributed by atoms with Crippen molar-refractivity contribution in [3.63, 3.8) is 0 Å². The fourth-order valence-electron chi connectivity index (χ4n) is 2.41. The van der Waals surface area contributed by atoms with Crippen LogP contribution < -0.4 is 0 Å². The van der Waals surface area contributed by atoms with Gasteiger partial charge in [-0.1, -0.05) is 0 Å². The van der Waals surface area contributed by atoms with Gasteiger partial charge in [-0.2, -0.15) is 0 Å². The minimum Gasteiger partial charge on any atom is -0.469 e. The van der Waals surface area contributed by atoms with Crippen molar-refractivity contribution >= 4 is 5.91 Å². The lowest BCUT2D eigenvalue weighted by molar-refractivity contribution is -0.0958. The van der Waals surface area contributed by atoms with Gasteiger partial charge in [-0.25, -0.2) is 0 Å². The Kier molecular flexibility index (Phi) is 1.92. The van der Waals surface area contributed by atoms with Gasteiger partial charge in [0.1, 0.15) is 11.4 Å². The smallest absolute Gasteiger partial charge is 0.257 e. The number of nitrogens with zero attached hydrogens (tertiary/aromatic N) is 1. The van der Waals surface area contributed by atoms with E-state index in [1.165, 1.54) is 6.26 Å². The van der Waals surface area contributed by atoms with Crippen molar-refractivity contribution in [1.82, 2.24) is 4.90 Å². The van der Waals surface area contributed by atoms with Crippen LogP contribution in [-0.2, 0) is 0 Å². The van der Waals surface area contributed by atoms with Crippen LogP contribution in [0.1, 0.15) is 29.0 Å². The summed E-state index contributed by atoms with van der Waals surface area (Å²) >= 11 is 0. The summed E-state index contributed by atoms with van der Waals surface area (Å²) in [5.74, 6) is 1.03. The van der Waals surface area contributed by atoms with E-state index in [4.69, 9.17) is 4.42 Å². The van der Waals surface area contributed by atoms with E-state index in [-0.39, 0.29) is 5.91 Å². The Morgan fingerprint density at radius 3 is 2.75 bits per heavy atom. The molecule has 1 aromatic heterocycles. The molecule has 1 aliphatic heterocycles. The lowest BCUT2D eigenvalue weighted by Crippen LogP contribution is -2.64. The molecule has 4 nitrogen and oxygen atoms in total. The molecule has 0 unspecified atom stereocenters. The number of aryl methyl sites for hydroxylation is 1. The van der Waals surface area contributed by atoms with Crippen molar-refractivity contribution in [2.75, 3.05) is 13.1 Å². The fourth-order valence-corrected chi connectivity index (χ4v) is 2.41. The third-order valence-corrected chi connectivity index (χ3v) is 3.64. The molecule has 3 rings (SSSR count). The highest BCUT2D eigenvalue weighted by molar-refractivity contribution is 5.95. The standard InChI is InChI=1S/C12H15NO3/c1-8-10(4-5-16-8)11(14)13-6-12(15,7-13)9-2-3-9/h4-5,9,15H,2-3,6-7H2,1H3. The number of furan rings is 1. The SMILES string of the molecule is Cc1occc1C(=O)N1CC(O)(C2CC2)C1. The first-order chi connectivity index (χ1) is 7.60. The number of likely N-dealkylation sites (tertiary alicyclic amines) is 1. The average molecular weight is 221 g/mol. The molecule has 0 atom stereocenters. The molecule has 2 heterocycles. The van der Waals surface area contributed by atoms with Crippen LogP contribution in [0.2, 0.25) is 0 Å². The second-order valence-corrected chi connectivity index (χ2v) is 4.93. The highest BCUT2D eigenvalue weighted by atomic mass is 16.3. The second-order valence-electron chi connectivity index (χ2n) is 4.93. The molecule has 4 heteroatoms. The third-order valence-electron chi connectivity index (χ3n) is 3.64. The van der Waals surface area contributed by atoms with Crippen LogP contribution in [0.5, 0.6) is 0 Å². The van der Waals surface area contributed by atoms with E-state index in [1.807, 2.05) is 0 Å². The molecule has 16 heavy (non-hydrogen) atoms. The van der Waals surface area contributed by atoms with Crippen LogP contribution in [-0.4, -0.2) is 34.6 Å². The monoisotopic (exact) mass is 221 g/mol. The highest BCUT2D eigenvalue weighted by Crippen LogP contribution is 2.44. The van der Waals surface area contributed by atoms with Gasteiger partial charge >= 0.3 is 0 Å². The van der Waals surface area contributed by atoms with Gasteiger partial charge in [0.25, 0.3) is 5.91 Å². The molecular formula is C12H15NO3. The number of carbonyl (C=O) groups excluding carboxylic acids is 1. The number of hydrogen-bond donors (Lipinski definition) is 1. The van der Waals surface area contributed by atoms with Gasteiger partial charge in [0, 0.05) is 0 Å². The van der Waals surface area contributed by atoms with E-state index in [1.54, 1.807) is 17.9 Å². The summed E-state index contributed by atoms with van der Waals surface area (Å²) in [6.45, 7) is 2.72. The van der Waals surface area contributed by atoms with Crippen molar-refractivity contribution in [3.8, 4) is 0 Å². The maximum absolute atomic E-state index is 12.0. The van der Waals surface area contributed by atoms with Crippen molar-refractivity contribution in [3.05, 3.63) is 23.7 Å². The fraction of sp³-hybridized carbons (Fsp3) is 0.583. The normalized spacial score (nSPS) is 23.0. The third kappa shape index (κ3) is 1.37. The maximum atomic E-state index is 12.0. The Labute approximate surface area is 93.8 Å². The van der Waals surface area contributed by atoms with Crippen molar-refractivity contribution in [2.45, 2.75) is 25.4 Å². The predicted molar refractivity (Wildman–Crippen MR) is 57.0 cm³/mol. The molecular weight excluding hydrogens is 206 g/mol. The van der Waals surface area contributed by atoms with Crippen molar-refractivity contribution in [1.29, 1.82) is 0 Å². The zero-order valence-electron chi connectivity index (χ0n) is 9.27. The van der Waals surface area contributed by atoms with E-state index in [0.717, 1.165) is 12.8 Å². The highest BCUT2D eigenvalue weighted by Gasteiger charge is 2.53. The summed E-state index contributed by atoms with van der Waals surface area (Å²) in [4.78, 5) is 13.7. The number of amides is 1. The molecule has 1 saturated heterocycles. The number of hydrogen-bond acceptors (Lipinski definition) is 3. The van der Waals surface area contributed by atoms with Crippen LogP contribution in [0.3, 0.4) is 0 Å². The number of β-amino-alcohol motifs (C(OH)–C–C–N with tert-alkyl or cyclic N) is 1. The first-order valence-corrected chi connectivity index (χ1v) is 5.66. The van der Waals surface area contributed by atoms with Gasteiger partial charge in [-0.15, -0.1) is 0 Å². The largest absolute Gasteiger partial charge is 0.469 e. The molecule has 2 aliphatic rings. The van der Waals surface area contributed by atoms with Crippen LogP contribution in [0.15, 0.2) is 16.7 Å². The summed E-state index contributed by atoms with van der Waals surface area (Å²) in [5, 5.41) is 10.1. The van der Waals surface area contributed by atoms with Gasteiger partial charge in [0.2, 0.25) is 0 Å². The molecule has 1 aromatic rings. The second kappa shape index (κ2) is 3.10. The van der Waals surface area contributed by atoms with Gasteiger partial charge in [-0.3, -0.25) is 4.79 Å². The quantitative estimate of drug-likeness (QED) is 0.816. The van der Waals surface area contributed by atoms with Gasteiger partial charge < -0.3 is 14.4 Å². The average Bonchev–Trinajstić information content (AvgIpc) is 2.97. The molecule has 0 aromatic carbocycles. The van der Waals surface area contributed by atoms with E-state index in [9.17, 15) is 9.90 Å².